The highest BCUT2D eigenvalue weighted by Gasteiger charge is 2.20. The molecule has 0 saturated carbocycles. The monoisotopic (exact) mass is 613 g/mol. The van der Waals surface area contributed by atoms with Crippen LogP contribution in [0.3, 0.4) is 0 Å². The fourth-order valence-corrected chi connectivity index (χ4v) is 5.86. The molecule has 0 radical (unpaired) electrons. The van der Waals surface area contributed by atoms with E-state index in [9.17, 15) is 14.4 Å². The first kappa shape index (κ1) is 31.3. The third-order valence-corrected chi connectivity index (χ3v) is 8.82. The van der Waals surface area contributed by atoms with Crippen molar-refractivity contribution in [2.75, 3.05) is 10.6 Å². The number of benzene rings is 5. The zero-order chi connectivity index (χ0) is 31.8. The quantitative estimate of drug-likeness (QED) is 0.109. The van der Waals surface area contributed by atoms with Crippen LogP contribution in [0.25, 0.3) is 16.8 Å². The predicted molar refractivity (Wildman–Crippen MR) is 185 cm³/mol. The minimum Gasteiger partial charge on any atom is -0.325 e. The lowest BCUT2D eigenvalue weighted by Crippen LogP contribution is -2.30. The molecule has 0 bridgehead atoms. The van der Waals surface area contributed by atoms with E-state index in [0.29, 0.717) is 17.7 Å². The molecule has 1 unspecified atom stereocenters. The summed E-state index contributed by atoms with van der Waals surface area (Å²) in [5.41, 5.74) is 4.96. The summed E-state index contributed by atoms with van der Waals surface area (Å²) in [6, 6.07) is 35.8. The van der Waals surface area contributed by atoms with E-state index < -0.39 is 5.91 Å². The fourth-order valence-electron chi connectivity index (χ4n) is 4.85. The normalized spacial score (nSPS) is 11.9. The smallest absolute Gasteiger partial charge is 0.272 e. The number of hydrogen-bond donors (Lipinski definition) is 3. The first-order valence-electron chi connectivity index (χ1n) is 14.8. The van der Waals surface area contributed by atoms with E-state index in [2.05, 4.69) is 16.0 Å². The summed E-state index contributed by atoms with van der Waals surface area (Å²) in [7, 11) is 0. The molecule has 3 N–H and O–H groups in total. The zero-order valence-electron chi connectivity index (χ0n) is 25.5. The number of fused-ring (bicyclic) bond motifs is 1. The molecule has 3 amide bonds. The highest BCUT2D eigenvalue weighted by Crippen LogP contribution is 2.29. The SMILES string of the molecule is CCC(Sc1cccc(NC(=O)/C(=C\c2cccc3ccccc23)NC(=O)c2ccccc2)c1)C(=O)Nc1ccc(C)c(C)c1. The molecule has 0 aromatic heterocycles. The molecule has 0 aliphatic carbocycles. The standard InChI is InChI=1S/C38H35N3O3S/c1-4-35(38(44)40-31-21-20-25(2)26(3)22-31)45-32-18-11-17-30(24-32)39-37(43)34(41-36(42)28-13-6-5-7-14-28)23-29-16-10-15-27-12-8-9-19-33(27)29/h5-24,35H,4H2,1-3H3,(H,39,43)(H,40,44)(H,41,42)/b34-23+. The molecule has 5 aromatic carbocycles. The number of hydrogen-bond acceptors (Lipinski definition) is 4. The van der Waals surface area contributed by atoms with Crippen LogP contribution < -0.4 is 16.0 Å². The molecule has 0 heterocycles. The van der Waals surface area contributed by atoms with E-state index in [1.54, 1.807) is 36.4 Å². The molecule has 1 atom stereocenters. The van der Waals surface area contributed by atoms with Gasteiger partial charge in [0.25, 0.3) is 11.8 Å². The molecule has 5 aromatic rings. The molecule has 0 saturated heterocycles. The van der Waals surface area contributed by atoms with E-state index in [1.807, 2.05) is 106 Å². The Hall–Kier alpha value is -5.14. The van der Waals surface area contributed by atoms with E-state index in [-0.39, 0.29) is 22.8 Å². The summed E-state index contributed by atoms with van der Waals surface area (Å²) in [4.78, 5) is 40.8. The number of rotatable bonds is 10. The predicted octanol–water partition coefficient (Wildman–Crippen LogP) is 8.38. The molecular formula is C38H35N3O3S. The Bertz CT molecular complexity index is 1880. The Labute approximate surface area is 268 Å². The van der Waals surface area contributed by atoms with Gasteiger partial charge in [-0.25, -0.2) is 0 Å². The minimum atomic E-state index is -0.464. The van der Waals surface area contributed by atoms with E-state index in [0.717, 1.165) is 32.5 Å². The van der Waals surface area contributed by atoms with Crippen LogP contribution in [0.15, 0.2) is 126 Å². The second-order valence-corrected chi connectivity index (χ2v) is 12.0. The molecule has 5 rings (SSSR count). The van der Waals surface area contributed by atoms with Gasteiger partial charge in [0.2, 0.25) is 5.91 Å². The number of thioether (sulfide) groups is 1. The molecule has 0 spiro atoms. The number of nitrogens with one attached hydrogen (secondary N) is 3. The second kappa shape index (κ2) is 14.6. The van der Waals surface area contributed by atoms with E-state index in [1.165, 1.54) is 17.3 Å². The van der Waals surface area contributed by atoms with Crippen molar-refractivity contribution in [3.8, 4) is 0 Å². The molecule has 0 aliphatic rings. The van der Waals surface area contributed by atoms with Crippen LogP contribution in [0, 0.1) is 13.8 Å². The van der Waals surface area contributed by atoms with Crippen molar-refractivity contribution < 1.29 is 14.4 Å². The topological polar surface area (TPSA) is 87.3 Å². The number of carbonyl (C=O) groups is 3. The van der Waals surface area contributed by atoms with Crippen molar-refractivity contribution in [2.45, 2.75) is 37.3 Å². The van der Waals surface area contributed by atoms with Gasteiger partial charge in [-0.05, 0) is 96.3 Å². The van der Waals surface area contributed by atoms with Crippen LogP contribution in [-0.2, 0) is 9.59 Å². The number of amides is 3. The lowest BCUT2D eigenvalue weighted by molar-refractivity contribution is -0.116. The number of anilines is 2. The number of carbonyl (C=O) groups excluding carboxylic acids is 3. The van der Waals surface area contributed by atoms with Gasteiger partial charge in [0.05, 0.1) is 5.25 Å². The highest BCUT2D eigenvalue weighted by molar-refractivity contribution is 8.00. The van der Waals surface area contributed by atoms with Crippen LogP contribution in [0.2, 0.25) is 0 Å². The van der Waals surface area contributed by atoms with Gasteiger partial charge in [0, 0.05) is 21.8 Å². The maximum Gasteiger partial charge on any atom is 0.272 e. The van der Waals surface area contributed by atoms with Crippen molar-refractivity contribution in [1.29, 1.82) is 0 Å². The van der Waals surface area contributed by atoms with E-state index >= 15 is 0 Å². The zero-order valence-corrected chi connectivity index (χ0v) is 26.3. The Morgan fingerprint density at radius 3 is 2.22 bits per heavy atom. The Morgan fingerprint density at radius 1 is 0.733 bits per heavy atom. The van der Waals surface area contributed by atoms with Crippen LogP contribution in [0.4, 0.5) is 11.4 Å². The third kappa shape index (κ3) is 8.08. The van der Waals surface area contributed by atoms with Gasteiger partial charge in [-0.1, -0.05) is 79.7 Å². The van der Waals surface area contributed by atoms with Crippen LogP contribution in [0.5, 0.6) is 0 Å². The molecule has 0 fully saturated rings. The lowest BCUT2D eigenvalue weighted by Gasteiger charge is -2.16. The summed E-state index contributed by atoms with van der Waals surface area (Å²) in [5, 5.41) is 10.5. The lowest BCUT2D eigenvalue weighted by atomic mass is 10.0. The third-order valence-electron chi connectivity index (χ3n) is 7.46. The summed E-state index contributed by atoms with van der Waals surface area (Å²) in [5.74, 6) is -0.930. The largest absolute Gasteiger partial charge is 0.325 e. The maximum atomic E-state index is 13.7. The van der Waals surface area contributed by atoms with Gasteiger partial charge in [-0.15, -0.1) is 11.8 Å². The first-order valence-corrected chi connectivity index (χ1v) is 15.7. The molecule has 45 heavy (non-hydrogen) atoms. The van der Waals surface area contributed by atoms with Gasteiger partial charge in [-0.3, -0.25) is 14.4 Å². The van der Waals surface area contributed by atoms with Crippen LogP contribution in [-0.4, -0.2) is 23.0 Å². The van der Waals surface area contributed by atoms with Gasteiger partial charge >= 0.3 is 0 Å². The van der Waals surface area contributed by atoms with Crippen molar-refractivity contribution in [2.24, 2.45) is 0 Å². The molecule has 226 valence electrons. The highest BCUT2D eigenvalue weighted by atomic mass is 32.2. The molecular weight excluding hydrogens is 579 g/mol. The van der Waals surface area contributed by atoms with Crippen LogP contribution in [0.1, 0.15) is 40.4 Å². The maximum absolute atomic E-state index is 13.7. The molecule has 7 heteroatoms. The summed E-state index contributed by atoms with van der Waals surface area (Å²) in [6.07, 6.45) is 2.32. The van der Waals surface area contributed by atoms with Crippen molar-refractivity contribution in [3.63, 3.8) is 0 Å². The Morgan fingerprint density at radius 2 is 1.44 bits per heavy atom. The van der Waals surface area contributed by atoms with E-state index in [4.69, 9.17) is 0 Å². The molecule has 0 aliphatic heterocycles. The van der Waals surface area contributed by atoms with Gasteiger partial charge < -0.3 is 16.0 Å². The summed E-state index contributed by atoms with van der Waals surface area (Å²) < 4.78 is 0. The Balaban J connectivity index is 1.36. The number of aryl methyl sites for hydroxylation is 2. The van der Waals surface area contributed by atoms with Crippen molar-refractivity contribution in [1.82, 2.24) is 5.32 Å². The van der Waals surface area contributed by atoms with Crippen molar-refractivity contribution >= 4 is 57.7 Å². The average molecular weight is 614 g/mol. The van der Waals surface area contributed by atoms with Crippen molar-refractivity contribution in [3.05, 3.63) is 143 Å². The van der Waals surface area contributed by atoms with Gasteiger partial charge in [0.15, 0.2) is 0 Å². The van der Waals surface area contributed by atoms with Gasteiger partial charge in [-0.2, -0.15) is 0 Å². The Kier molecular flexibility index (Phi) is 10.1. The minimum absolute atomic E-state index is 0.0795. The first-order chi connectivity index (χ1) is 21.8. The summed E-state index contributed by atoms with van der Waals surface area (Å²) >= 11 is 1.44. The second-order valence-electron chi connectivity index (χ2n) is 10.7. The van der Waals surface area contributed by atoms with Crippen LogP contribution >= 0.6 is 11.8 Å². The van der Waals surface area contributed by atoms with Gasteiger partial charge in [0.1, 0.15) is 5.70 Å². The average Bonchev–Trinajstić information content (AvgIpc) is 3.05. The fraction of sp³-hybridized carbons (Fsp3) is 0.132. The molecule has 6 nitrogen and oxygen atoms in total. The summed E-state index contributed by atoms with van der Waals surface area (Å²) in [6.45, 7) is 6.03.